The zero-order valence-corrected chi connectivity index (χ0v) is 12.3. The van der Waals surface area contributed by atoms with E-state index in [1.54, 1.807) is 11.3 Å². The number of thioether (sulfide) groups is 1. The largest absolute Gasteiger partial charge is 0.395 e. The van der Waals surface area contributed by atoms with Gasteiger partial charge < -0.3 is 5.11 Å². The molecule has 1 aliphatic rings. The van der Waals surface area contributed by atoms with E-state index >= 15 is 0 Å². The van der Waals surface area contributed by atoms with Gasteiger partial charge in [0.15, 0.2) is 0 Å². The van der Waals surface area contributed by atoms with Crippen LogP contribution in [0.1, 0.15) is 48.3 Å². The Morgan fingerprint density at radius 2 is 2.11 bits per heavy atom. The molecule has 0 aliphatic heterocycles. The van der Waals surface area contributed by atoms with Gasteiger partial charge in [-0.3, -0.25) is 0 Å². The normalized spacial score (nSPS) is 16.3. The van der Waals surface area contributed by atoms with E-state index in [1.807, 2.05) is 0 Å². The molecule has 1 saturated carbocycles. The fraction of sp³-hybridized carbons (Fsp3) is 0.600. The zero-order chi connectivity index (χ0) is 12.6. The number of aliphatic hydroxyl groups excluding tert-OH is 1. The smallest absolute Gasteiger partial charge is 0.0771 e. The van der Waals surface area contributed by atoms with E-state index in [1.165, 1.54) is 37.0 Å². The molecule has 0 unspecified atom stereocenters. The van der Waals surface area contributed by atoms with Gasteiger partial charge in [0.1, 0.15) is 0 Å². The fourth-order valence-corrected chi connectivity index (χ4v) is 4.44. The van der Waals surface area contributed by atoms with Gasteiger partial charge in [-0.1, -0.05) is 31.1 Å². The number of thiophene rings is 1. The molecule has 1 nitrogen and oxygen atoms in total. The van der Waals surface area contributed by atoms with Crippen molar-refractivity contribution in [2.24, 2.45) is 0 Å². The first-order valence-electron chi connectivity index (χ1n) is 6.68. The van der Waals surface area contributed by atoms with Crippen molar-refractivity contribution < 1.29 is 5.11 Å². The highest BCUT2D eigenvalue weighted by molar-refractivity contribution is 7.99. The summed E-state index contributed by atoms with van der Waals surface area (Å²) in [5, 5.41) is 9.55. The van der Waals surface area contributed by atoms with Gasteiger partial charge in [-0.15, -0.1) is 11.3 Å². The number of hydrogen-bond acceptors (Lipinski definition) is 3. The highest BCUT2D eigenvalue weighted by atomic mass is 32.2. The van der Waals surface area contributed by atoms with E-state index in [0.717, 1.165) is 15.9 Å². The summed E-state index contributed by atoms with van der Waals surface area (Å²) in [5.41, 5.74) is 0. The van der Waals surface area contributed by atoms with Gasteiger partial charge in [0, 0.05) is 22.3 Å². The van der Waals surface area contributed by atoms with Crippen molar-refractivity contribution in [3.8, 4) is 11.8 Å². The van der Waals surface area contributed by atoms with Crippen molar-refractivity contribution in [2.75, 3.05) is 6.61 Å². The van der Waals surface area contributed by atoms with Crippen LogP contribution in [0.25, 0.3) is 0 Å². The van der Waals surface area contributed by atoms with Crippen molar-refractivity contribution in [1.82, 2.24) is 0 Å². The average Bonchev–Trinajstić information content (AvgIpc) is 2.86. The van der Waals surface area contributed by atoms with Gasteiger partial charge in [0.2, 0.25) is 0 Å². The second-order valence-electron chi connectivity index (χ2n) is 4.61. The Balaban J connectivity index is 1.77. The Bertz CT molecular complexity index is 408. The Kier molecular flexibility index (Phi) is 6.13. The third-order valence-electron chi connectivity index (χ3n) is 3.12. The van der Waals surface area contributed by atoms with Crippen LogP contribution in [-0.2, 0) is 5.75 Å². The first-order chi connectivity index (χ1) is 8.88. The number of rotatable bonds is 4. The molecule has 1 aliphatic carbocycles. The van der Waals surface area contributed by atoms with E-state index in [0.29, 0.717) is 6.42 Å². The molecule has 18 heavy (non-hydrogen) atoms. The average molecular weight is 280 g/mol. The van der Waals surface area contributed by atoms with Crippen LogP contribution in [-0.4, -0.2) is 17.0 Å². The molecule has 0 aromatic carbocycles. The lowest BCUT2D eigenvalue weighted by Crippen LogP contribution is -2.07. The fourth-order valence-electron chi connectivity index (χ4n) is 2.16. The predicted octanol–water partition coefficient (Wildman–Crippen LogP) is 4.05. The predicted molar refractivity (Wildman–Crippen MR) is 81.1 cm³/mol. The summed E-state index contributed by atoms with van der Waals surface area (Å²) >= 11 is 3.91. The van der Waals surface area contributed by atoms with Gasteiger partial charge in [-0.2, -0.15) is 11.8 Å². The molecule has 3 heteroatoms. The lowest BCUT2D eigenvalue weighted by Gasteiger charge is -2.20. The summed E-state index contributed by atoms with van der Waals surface area (Å²) in [4.78, 5) is 2.56. The Hall–Kier alpha value is -0.430. The summed E-state index contributed by atoms with van der Waals surface area (Å²) in [6, 6.07) is 4.30. The van der Waals surface area contributed by atoms with Gasteiger partial charge >= 0.3 is 0 Å². The van der Waals surface area contributed by atoms with Crippen LogP contribution in [0.4, 0.5) is 0 Å². The molecule has 1 heterocycles. The molecular weight excluding hydrogens is 260 g/mol. The first kappa shape index (κ1) is 14.0. The van der Waals surface area contributed by atoms with Gasteiger partial charge in [0.05, 0.1) is 11.5 Å². The maximum Gasteiger partial charge on any atom is 0.0771 e. The molecule has 0 atom stereocenters. The summed E-state index contributed by atoms with van der Waals surface area (Å²) < 4.78 is 0. The van der Waals surface area contributed by atoms with E-state index in [9.17, 15) is 0 Å². The Labute approximate surface area is 118 Å². The highest BCUT2D eigenvalue weighted by Crippen LogP contribution is 2.31. The minimum atomic E-state index is 0.156. The maximum absolute atomic E-state index is 8.68. The standard InChI is InChI=1S/C15H20OS2/c16-11-5-4-8-14-9-10-15(18-14)12-17-13-6-2-1-3-7-13/h9-10,13,16H,1-3,5-7,11-12H2. The van der Waals surface area contributed by atoms with E-state index in [4.69, 9.17) is 5.11 Å². The van der Waals surface area contributed by atoms with Gasteiger partial charge in [-0.25, -0.2) is 0 Å². The monoisotopic (exact) mass is 280 g/mol. The molecule has 0 radical (unpaired) electrons. The van der Waals surface area contributed by atoms with Crippen LogP contribution in [0, 0.1) is 11.8 Å². The van der Waals surface area contributed by atoms with Crippen LogP contribution in [0.15, 0.2) is 12.1 Å². The molecule has 1 fully saturated rings. The minimum Gasteiger partial charge on any atom is -0.395 e. The topological polar surface area (TPSA) is 20.2 Å². The van der Waals surface area contributed by atoms with Crippen LogP contribution >= 0.6 is 23.1 Å². The molecule has 1 aromatic rings. The minimum absolute atomic E-state index is 0.156. The van der Waals surface area contributed by atoms with Crippen molar-refractivity contribution in [1.29, 1.82) is 0 Å². The SMILES string of the molecule is OCCC#Cc1ccc(CSC2CCCCC2)s1. The Morgan fingerprint density at radius 1 is 1.28 bits per heavy atom. The molecule has 1 N–H and O–H groups in total. The quantitative estimate of drug-likeness (QED) is 0.840. The van der Waals surface area contributed by atoms with E-state index in [-0.39, 0.29) is 6.61 Å². The summed E-state index contributed by atoms with van der Waals surface area (Å²) in [7, 11) is 0. The molecule has 0 amide bonds. The Morgan fingerprint density at radius 3 is 2.89 bits per heavy atom. The lowest BCUT2D eigenvalue weighted by molar-refractivity contribution is 0.305. The number of hydrogen-bond donors (Lipinski definition) is 1. The second kappa shape index (κ2) is 7.89. The van der Waals surface area contributed by atoms with Crippen molar-refractivity contribution in [3.05, 3.63) is 21.9 Å². The molecule has 0 saturated heterocycles. The zero-order valence-electron chi connectivity index (χ0n) is 10.7. The first-order valence-corrected chi connectivity index (χ1v) is 8.55. The summed E-state index contributed by atoms with van der Waals surface area (Å²) in [5.74, 6) is 7.21. The maximum atomic E-state index is 8.68. The van der Waals surface area contributed by atoms with Crippen LogP contribution in [0.3, 0.4) is 0 Å². The lowest BCUT2D eigenvalue weighted by atomic mass is 10.0. The summed E-state index contributed by atoms with van der Waals surface area (Å²) in [6.45, 7) is 0.156. The number of aliphatic hydroxyl groups is 1. The van der Waals surface area contributed by atoms with Gasteiger partial charge in [-0.05, 0) is 25.0 Å². The molecule has 1 aromatic heterocycles. The van der Waals surface area contributed by atoms with E-state index in [2.05, 4.69) is 35.7 Å². The molecule has 2 rings (SSSR count). The molecule has 0 spiro atoms. The molecule has 0 bridgehead atoms. The van der Waals surface area contributed by atoms with Crippen molar-refractivity contribution >= 4 is 23.1 Å². The third-order valence-corrected chi connectivity index (χ3v) is 5.73. The van der Waals surface area contributed by atoms with Crippen LogP contribution < -0.4 is 0 Å². The third kappa shape index (κ3) is 4.68. The van der Waals surface area contributed by atoms with Crippen molar-refractivity contribution in [3.63, 3.8) is 0 Å². The molecule has 98 valence electrons. The van der Waals surface area contributed by atoms with E-state index < -0.39 is 0 Å². The van der Waals surface area contributed by atoms with Crippen molar-refractivity contribution in [2.45, 2.75) is 49.5 Å². The van der Waals surface area contributed by atoms with Gasteiger partial charge in [0.25, 0.3) is 0 Å². The van der Waals surface area contributed by atoms with Crippen LogP contribution in [0.5, 0.6) is 0 Å². The van der Waals surface area contributed by atoms with Crippen LogP contribution in [0.2, 0.25) is 0 Å². The highest BCUT2D eigenvalue weighted by Gasteiger charge is 2.13. The summed E-state index contributed by atoms with van der Waals surface area (Å²) in [6.07, 6.45) is 7.64. The second-order valence-corrected chi connectivity index (χ2v) is 7.07. The molecular formula is C15H20OS2.